The molecule has 2 aromatic rings. The van der Waals surface area contributed by atoms with Gasteiger partial charge in [-0.05, 0) is 37.6 Å². The maximum Gasteiger partial charge on any atom is 0.222 e. The van der Waals surface area contributed by atoms with Gasteiger partial charge in [0.2, 0.25) is 5.90 Å². The Morgan fingerprint density at radius 2 is 1.95 bits per heavy atom. The Morgan fingerprint density at radius 1 is 1.15 bits per heavy atom. The Bertz CT molecular complexity index is 680. The van der Waals surface area contributed by atoms with Gasteiger partial charge in [-0.2, -0.15) is 0 Å². The minimum atomic E-state index is -0.351. The minimum absolute atomic E-state index is 0.351. The van der Waals surface area contributed by atoms with E-state index in [0.717, 1.165) is 23.2 Å². The molecule has 0 radical (unpaired) electrons. The van der Waals surface area contributed by atoms with E-state index in [1.165, 1.54) is 0 Å². The number of hydrogen-bond donors (Lipinski definition) is 0. The monoisotopic (exact) mass is 285 g/mol. The van der Waals surface area contributed by atoms with Gasteiger partial charge in [-0.25, -0.2) is 4.99 Å². The molecule has 3 rings (SSSR count). The van der Waals surface area contributed by atoms with Crippen LogP contribution in [0.3, 0.4) is 0 Å². The Balaban J connectivity index is 2.14. The van der Waals surface area contributed by atoms with Crippen molar-refractivity contribution in [2.75, 3.05) is 0 Å². The van der Waals surface area contributed by atoms with Crippen LogP contribution in [-0.4, -0.2) is 5.90 Å². The van der Waals surface area contributed by atoms with Gasteiger partial charge in [0.1, 0.15) is 5.60 Å². The topological polar surface area (TPSA) is 21.6 Å². The molecular formula is C17H16ClNO. The van der Waals surface area contributed by atoms with Gasteiger partial charge in [0, 0.05) is 16.1 Å². The lowest BCUT2D eigenvalue weighted by Crippen LogP contribution is -2.31. The summed E-state index contributed by atoms with van der Waals surface area (Å²) in [5, 5.41) is 0.686. The number of para-hydroxylation sites is 1. The van der Waals surface area contributed by atoms with Crippen LogP contribution < -0.4 is 0 Å². The van der Waals surface area contributed by atoms with Crippen molar-refractivity contribution in [1.82, 2.24) is 0 Å². The van der Waals surface area contributed by atoms with Crippen LogP contribution in [-0.2, 0) is 10.3 Å². The molecule has 2 nitrogen and oxygen atoms in total. The van der Waals surface area contributed by atoms with Crippen LogP contribution in [0.4, 0.5) is 5.69 Å². The van der Waals surface area contributed by atoms with E-state index in [2.05, 4.69) is 24.9 Å². The van der Waals surface area contributed by atoms with Crippen LogP contribution in [0.2, 0.25) is 5.02 Å². The summed E-state index contributed by atoms with van der Waals surface area (Å²) < 4.78 is 6.18. The third-order valence-electron chi connectivity index (χ3n) is 3.76. The highest BCUT2D eigenvalue weighted by atomic mass is 35.5. The molecule has 0 aliphatic carbocycles. The highest BCUT2D eigenvalue weighted by Gasteiger charge is 2.34. The Labute approximate surface area is 124 Å². The van der Waals surface area contributed by atoms with E-state index >= 15 is 0 Å². The highest BCUT2D eigenvalue weighted by molar-refractivity contribution is 6.31. The molecule has 0 bridgehead atoms. The lowest BCUT2D eigenvalue weighted by Gasteiger charge is -2.35. The van der Waals surface area contributed by atoms with Crippen LogP contribution in [0.15, 0.2) is 53.5 Å². The van der Waals surface area contributed by atoms with E-state index in [1.807, 2.05) is 42.5 Å². The summed E-state index contributed by atoms with van der Waals surface area (Å²) in [7, 11) is 0. The second-order valence-electron chi connectivity index (χ2n) is 5.13. The van der Waals surface area contributed by atoms with Crippen molar-refractivity contribution in [1.29, 1.82) is 0 Å². The number of halogens is 1. The number of ether oxygens (including phenoxy) is 1. The van der Waals surface area contributed by atoms with E-state index in [4.69, 9.17) is 16.3 Å². The number of benzene rings is 2. The van der Waals surface area contributed by atoms with Gasteiger partial charge in [-0.3, -0.25) is 0 Å². The molecule has 1 unspecified atom stereocenters. The quantitative estimate of drug-likeness (QED) is 0.754. The number of aliphatic imine (C=N–C) groups is 1. The normalized spacial score (nSPS) is 20.9. The second kappa shape index (κ2) is 4.95. The maximum atomic E-state index is 6.18. The smallest absolute Gasteiger partial charge is 0.222 e. The second-order valence-corrected chi connectivity index (χ2v) is 5.57. The first-order chi connectivity index (χ1) is 9.62. The molecule has 2 aromatic carbocycles. The molecule has 0 aromatic heterocycles. The first kappa shape index (κ1) is 13.2. The van der Waals surface area contributed by atoms with E-state index in [-0.39, 0.29) is 5.60 Å². The molecule has 1 atom stereocenters. The third-order valence-corrected chi connectivity index (χ3v) is 4.00. The standard InChI is InChI=1S/C17H16ClNO/c1-3-17(2)14-9-4-5-10-15(14)19-16(20-17)12-7-6-8-13(18)11-12/h4-11H,3H2,1-2H3. The highest BCUT2D eigenvalue weighted by Crippen LogP contribution is 2.40. The SMILES string of the molecule is CCC1(C)OC(c2cccc(Cl)c2)=Nc2ccccc21. The molecule has 3 heteroatoms. The molecule has 0 saturated heterocycles. The minimum Gasteiger partial charge on any atom is -0.466 e. The fourth-order valence-corrected chi connectivity index (χ4v) is 2.62. The van der Waals surface area contributed by atoms with E-state index in [0.29, 0.717) is 10.9 Å². The molecule has 1 aliphatic heterocycles. The molecule has 1 heterocycles. The van der Waals surface area contributed by atoms with Gasteiger partial charge in [0.25, 0.3) is 0 Å². The summed E-state index contributed by atoms with van der Waals surface area (Å²) in [5.74, 6) is 0.635. The van der Waals surface area contributed by atoms with E-state index in [9.17, 15) is 0 Å². The van der Waals surface area contributed by atoms with Crippen LogP contribution in [0, 0.1) is 0 Å². The number of hydrogen-bond acceptors (Lipinski definition) is 2. The zero-order valence-electron chi connectivity index (χ0n) is 11.6. The Hall–Kier alpha value is -1.80. The van der Waals surface area contributed by atoms with Gasteiger partial charge in [-0.1, -0.05) is 42.8 Å². The summed E-state index contributed by atoms with van der Waals surface area (Å²) in [4.78, 5) is 4.64. The van der Waals surface area contributed by atoms with E-state index < -0.39 is 0 Å². The van der Waals surface area contributed by atoms with Crippen molar-refractivity contribution in [3.05, 3.63) is 64.7 Å². The number of nitrogens with zero attached hydrogens (tertiary/aromatic N) is 1. The predicted octanol–water partition coefficient (Wildman–Crippen LogP) is 5.07. The summed E-state index contributed by atoms with van der Waals surface area (Å²) in [6.45, 7) is 4.22. The van der Waals surface area contributed by atoms with Crippen molar-refractivity contribution >= 4 is 23.2 Å². The van der Waals surface area contributed by atoms with Gasteiger partial charge in [0.05, 0.1) is 5.69 Å². The molecule has 0 spiro atoms. The lowest BCUT2D eigenvalue weighted by atomic mass is 9.90. The molecule has 0 N–H and O–H groups in total. The average Bonchev–Trinajstić information content (AvgIpc) is 2.47. The molecular weight excluding hydrogens is 270 g/mol. The number of fused-ring (bicyclic) bond motifs is 1. The van der Waals surface area contributed by atoms with Gasteiger partial charge >= 0.3 is 0 Å². The molecule has 0 amide bonds. The van der Waals surface area contributed by atoms with Gasteiger partial charge in [-0.15, -0.1) is 0 Å². The third kappa shape index (κ3) is 2.20. The zero-order chi connectivity index (χ0) is 14.2. The van der Waals surface area contributed by atoms with Crippen LogP contribution >= 0.6 is 11.6 Å². The van der Waals surface area contributed by atoms with E-state index in [1.54, 1.807) is 0 Å². The van der Waals surface area contributed by atoms with Crippen LogP contribution in [0.1, 0.15) is 31.4 Å². The van der Waals surface area contributed by atoms with Crippen molar-refractivity contribution < 1.29 is 4.74 Å². The number of rotatable bonds is 2. The van der Waals surface area contributed by atoms with Crippen molar-refractivity contribution in [2.45, 2.75) is 25.9 Å². The lowest BCUT2D eigenvalue weighted by molar-refractivity contribution is 0.0660. The van der Waals surface area contributed by atoms with Gasteiger partial charge in [0.15, 0.2) is 0 Å². The predicted molar refractivity (Wildman–Crippen MR) is 82.8 cm³/mol. The molecule has 0 saturated carbocycles. The summed E-state index contributed by atoms with van der Waals surface area (Å²) in [5.41, 5.74) is 2.66. The Kier molecular flexibility index (Phi) is 3.27. The summed E-state index contributed by atoms with van der Waals surface area (Å²) in [6.07, 6.45) is 0.879. The van der Waals surface area contributed by atoms with Gasteiger partial charge < -0.3 is 4.74 Å². The largest absolute Gasteiger partial charge is 0.466 e. The molecule has 20 heavy (non-hydrogen) atoms. The Morgan fingerprint density at radius 3 is 2.70 bits per heavy atom. The van der Waals surface area contributed by atoms with Crippen molar-refractivity contribution in [2.24, 2.45) is 4.99 Å². The fourth-order valence-electron chi connectivity index (χ4n) is 2.43. The summed E-state index contributed by atoms with van der Waals surface area (Å²) in [6, 6.07) is 15.7. The van der Waals surface area contributed by atoms with Crippen LogP contribution in [0.25, 0.3) is 0 Å². The molecule has 0 fully saturated rings. The molecule has 102 valence electrons. The maximum absolute atomic E-state index is 6.18. The molecule has 1 aliphatic rings. The van der Waals surface area contributed by atoms with Crippen LogP contribution in [0.5, 0.6) is 0 Å². The zero-order valence-corrected chi connectivity index (χ0v) is 12.3. The average molecular weight is 286 g/mol. The fraction of sp³-hybridized carbons (Fsp3) is 0.235. The first-order valence-electron chi connectivity index (χ1n) is 6.75. The van der Waals surface area contributed by atoms with Crippen molar-refractivity contribution in [3.63, 3.8) is 0 Å². The van der Waals surface area contributed by atoms with Crippen molar-refractivity contribution in [3.8, 4) is 0 Å². The summed E-state index contributed by atoms with van der Waals surface area (Å²) >= 11 is 6.06. The first-order valence-corrected chi connectivity index (χ1v) is 7.13.